The van der Waals surface area contributed by atoms with E-state index in [-0.39, 0.29) is 6.04 Å². The zero-order valence-electron chi connectivity index (χ0n) is 12.3. The predicted molar refractivity (Wildman–Crippen MR) is 83.1 cm³/mol. The molecular weight excluding hydrogens is 290 g/mol. The highest BCUT2D eigenvalue weighted by molar-refractivity contribution is 7.84. The van der Waals surface area contributed by atoms with Gasteiger partial charge in [0.15, 0.2) is 0 Å². The summed E-state index contributed by atoms with van der Waals surface area (Å²) in [6.45, 7) is 2.01. The van der Waals surface area contributed by atoms with Crippen LogP contribution >= 0.6 is 0 Å². The van der Waals surface area contributed by atoms with Crippen molar-refractivity contribution in [2.75, 3.05) is 29.7 Å². The van der Waals surface area contributed by atoms with Gasteiger partial charge in [-0.3, -0.25) is 8.78 Å². The number of hydrogen-bond donors (Lipinski definition) is 2. The summed E-state index contributed by atoms with van der Waals surface area (Å²) in [5, 5.41) is 6.11. The maximum absolute atomic E-state index is 11.1. The third-order valence-corrected chi connectivity index (χ3v) is 3.61. The molecule has 2 atom stereocenters. The average Bonchev–Trinajstić information content (AvgIpc) is 2.99. The molecule has 0 saturated carbocycles. The van der Waals surface area contributed by atoms with Crippen molar-refractivity contribution >= 4 is 22.7 Å². The molecule has 2 aromatic heterocycles. The summed E-state index contributed by atoms with van der Waals surface area (Å²) in [6, 6.07) is 0.122. The van der Waals surface area contributed by atoms with E-state index in [1.807, 2.05) is 6.92 Å². The Morgan fingerprint density at radius 3 is 2.71 bits per heavy atom. The average molecular weight is 309 g/mol. The van der Waals surface area contributed by atoms with E-state index in [2.05, 4.69) is 30.6 Å². The fraction of sp³-hybridized carbons (Fsp3) is 0.500. The van der Waals surface area contributed by atoms with Crippen LogP contribution in [0.3, 0.4) is 0 Å². The number of rotatable bonds is 7. The fourth-order valence-corrected chi connectivity index (χ4v) is 2.35. The van der Waals surface area contributed by atoms with Gasteiger partial charge < -0.3 is 10.6 Å². The molecule has 0 bridgehead atoms. The van der Waals surface area contributed by atoms with Gasteiger partial charge in [-0.05, 0) is 13.3 Å². The Morgan fingerprint density at radius 2 is 2.10 bits per heavy atom. The summed E-state index contributed by atoms with van der Waals surface area (Å²) in [5.74, 6) is 2.09. The van der Waals surface area contributed by atoms with Gasteiger partial charge in [0.25, 0.3) is 0 Å². The van der Waals surface area contributed by atoms with Crippen LogP contribution < -0.4 is 10.6 Å². The van der Waals surface area contributed by atoms with Crippen molar-refractivity contribution in [1.82, 2.24) is 24.5 Å². The first-order valence-electron chi connectivity index (χ1n) is 6.57. The molecule has 8 nitrogen and oxygen atoms in total. The van der Waals surface area contributed by atoms with Crippen LogP contribution in [-0.2, 0) is 10.8 Å². The van der Waals surface area contributed by atoms with E-state index in [0.29, 0.717) is 23.6 Å². The van der Waals surface area contributed by atoms with Crippen LogP contribution in [-0.4, -0.2) is 53.8 Å². The van der Waals surface area contributed by atoms with Crippen LogP contribution in [0.25, 0.3) is 5.95 Å². The lowest BCUT2D eigenvalue weighted by molar-refractivity contribution is 0.677. The molecule has 0 aliphatic carbocycles. The van der Waals surface area contributed by atoms with Gasteiger partial charge in [-0.1, -0.05) is 0 Å². The van der Waals surface area contributed by atoms with Crippen LogP contribution in [0.2, 0.25) is 0 Å². The van der Waals surface area contributed by atoms with E-state index in [4.69, 9.17) is 0 Å². The largest absolute Gasteiger partial charge is 0.357 e. The Hall–Kier alpha value is -2.03. The molecule has 2 unspecified atom stereocenters. The van der Waals surface area contributed by atoms with Crippen molar-refractivity contribution in [3.05, 3.63) is 18.7 Å². The highest BCUT2D eigenvalue weighted by atomic mass is 32.2. The summed E-state index contributed by atoms with van der Waals surface area (Å²) in [7, 11) is 0.954. The number of aromatic nitrogens is 5. The quantitative estimate of drug-likeness (QED) is 0.775. The van der Waals surface area contributed by atoms with Gasteiger partial charge in [0.2, 0.25) is 17.8 Å². The summed E-state index contributed by atoms with van der Waals surface area (Å²) in [6.07, 6.45) is 7.54. The molecule has 0 aliphatic rings. The van der Waals surface area contributed by atoms with Crippen molar-refractivity contribution < 1.29 is 4.21 Å². The Labute approximate surface area is 125 Å². The molecule has 2 aromatic rings. The second kappa shape index (κ2) is 7.11. The van der Waals surface area contributed by atoms with Crippen molar-refractivity contribution in [3.63, 3.8) is 0 Å². The van der Waals surface area contributed by atoms with Crippen molar-refractivity contribution in [1.29, 1.82) is 0 Å². The second-order valence-corrected chi connectivity index (χ2v) is 6.17. The molecule has 0 spiro atoms. The molecule has 0 aliphatic heterocycles. The Balaban J connectivity index is 2.15. The molecule has 2 heterocycles. The first kappa shape index (κ1) is 15.4. The van der Waals surface area contributed by atoms with E-state index in [0.717, 1.165) is 6.42 Å². The van der Waals surface area contributed by atoms with Gasteiger partial charge in [-0.25, -0.2) is 4.98 Å². The van der Waals surface area contributed by atoms with Gasteiger partial charge in [-0.15, -0.1) is 0 Å². The molecule has 0 fully saturated rings. The number of imidazole rings is 1. The van der Waals surface area contributed by atoms with E-state index in [9.17, 15) is 4.21 Å². The monoisotopic (exact) mass is 309 g/mol. The molecule has 0 amide bonds. The van der Waals surface area contributed by atoms with E-state index < -0.39 is 10.8 Å². The number of nitrogens with zero attached hydrogens (tertiary/aromatic N) is 5. The molecule has 0 radical (unpaired) electrons. The lowest BCUT2D eigenvalue weighted by atomic mass is 10.3. The van der Waals surface area contributed by atoms with Crippen LogP contribution in [0.15, 0.2) is 18.7 Å². The van der Waals surface area contributed by atoms with Crippen LogP contribution in [0.5, 0.6) is 0 Å². The van der Waals surface area contributed by atoms with Crippen molar-refractivity contribution in [2.45, 2.75) is 19.4 Å². The van der Waals surface area contributed by atoms with E-state index in [1.54, 1.807) is 36.6 Å². The van der Waals surface area contributed by atoms with Crippen molar-refractivity contribution in [2.24, 2.45) is 0 Å². The van der Waals surface area contributed by atoms with Gasteiger partial charge in [0, 0.05) is 48.3 Å². The molecule has 21 heavy (non-hydrogen) atoms. The van der Waals surface area contributed by atoms with Gasteiger partial charge in [-0.2, -0.15) is 15.0 Å². The fourth-order valence-electron chi connectivity index (χ4n) is 1.67. The molecule has 0 aromatic carbocycles. The van der Waals surface area contributed by atoms with Gasteiger partial charge >= 0.3 is 0 Å². The lowest BCUT2D eigenvalue weighted by Crippen LogP contribution is -2.20. The minimum Gasteiger partial charge on any atom is -0.357 e. The highest BCUT2D eigenvalue weighted by Crippen LogP contribution is 2.10. The molecular formula is C12H19N7OS. The predicted octanol–water partition coefficient (Wildman–Crippen LogP) is 0.668. The highest BCUT2D eigenvalue weighted by Gasteiger charge is 2.10. The van der Waals surface area contributed by atoms with Crippen LogP contribution in [0, 0.1) is 0 Å². The minimum absolute atomic E-state index is 0.122. The van der Waals surface area contributed by atoms with Crippen LogP contribution in [0.1, 0.15) is 13.3 Å². The van der Waals surface area contributed by atoms with E-state index >= 15 is 0 Å². The summed E-state index contributed by atoms with van der Waals surface area (Å²) >= 11 is 0. The molecule has 114 valence electrons. The standard InChI is InChI=1S/C12H19N7OS/c1-9(4-7-21(3)20)15-11-16-10(13-2)17-12(18-11)19-6-5-14-8-19/h5-6,8-9H,4,7H2,1-3H3,(H2,13,15,16,17,18). The SMILES string of the molecule is CNc1nc(NC(C)CCS(C)=O)nc(-n2ccnc2)n1. The maximum atomic E-state index is 11.1. The summed E-state index contributed by atoms with van der Waals surface area (Å²) < 4.78 is 12.8. The lowest BCUT2D eigenvalue weighted by Gasteiger charge is -2.14. The number of nitrogens with one attached hydrogen (secondary N) is 2. The minimum atomic E-state index is -0.797. The van der Waals surface area contributed by atoms with E-state index in [1.165, 1.54) is 0 Å². The summed E-state index contributed by atoms with van der Waals surface area (Å²) in [4.78, 5) is 16.9. The van der Waals surface area contributed by atoms with Gasteiger partial charge in [0.05, 0.1) is 0 Å². The maximum Gasteiger partial charge on any atom is 0.241 e. The first-order valence-corrected chi connectivity index (χ1v) is 8.30. The zero-order valence-corrected chi connectivity index (χ0v) is 13.1. The topological polar surface area (TPSA) is 97.6 Å². The molecule has 2 N–H and O–H groups in total. The summed E-state index contributed by atoms with van der Waals surface area (Å²) in [5.41, 5.74) is 0. The second-order valence-electron chi connectivity index (χ2n) is 4.61. The number of hydrogen-bond acceptors (Lipinski definition) is 7. The third kappa shape index (κ3) is 4.48. The zero-order chi connectivity index (χ0) is 15.2. The van der Waals surface area contributed by atoms with Crippen molar-refractivity contribution in [3.8, 4) is 5.95 Å². The first-order chi connectivity index (χ1) is 10.1. The van der Waals surface area contributed by atoms with Gasteiger partial charge in [0.1, 0.15) is 6.33 Å². The molecule has 0 saturated heterocycles. The molecule has 2 rings (SSSR count). The number of anilines is 2. The Morgan fingerprint density at radius 1 is 1.33 bits per heavy atom. The normalized spacial score (nSPS) is 13.7. The Bertz CT molecular complexity index is 602. The van der Waals surface area contributed by atoms with Crippen LogP contribution in [0.4, 0.5) is 11.9 Å². The third-order valence-electron chi connectivity index (χ3n) is 2.80. The Kier molecular flexibility index (Phi) is 5.20. The smallest absolute Gasteiger partial charge is 0.241 e. The molecule has 9 heteroatoms.